The van der Waals surface area contributed by atoms with E-state index in [2.05, 4.69) is 33.4 Å². The number of anilines is 2. The molecule has 5 heteroatoms. The molecule has 0 aliphatic carbocycles. The van der Waals surface area contributed by atoms with Gasteiger partial charge >= 0.3 is 0 Å². The number of pyridine rings is 1. The van der Waals surface area contributed by atoms with Crippen LogP contribution >= 0.6 is 23.2 Å². The fraction of sp³-hybridized carbons (Fsp3) is 0.286. The molecule has 3 nitrogen and oxygen atoms in total. The quantitative estimate of drug-likeness (QED) is 0.546. The summed E-state index contributed by atoms with van der Waals surface area (Å²) in [6.07, 6.45) is 3.79. The van der Waals surface area contributed by atoms with E-state index < -0.39 is 0 Å². The summed E-state index contributed by atoms with van der Waals surface area (Å²) in [6, 6.07) is 16.3. The van der Waals surface area contributed by atoms with E-state index in [0.29, 0.717) is 11.7 Å². The van der Waals surface area contributed by atoms with Gasteiger partial charge in [-0.2, -0.15) is 0 Å². The van der Waals surface area contributed by atoms with Crippen LogP contribution in [0.4, 0.5) is 11.4 Å². The first-order valence-electron chi connectivity index (χ1n) is 9.03. The molecule has 0 atom stereocenters. The predicted molar refractivity (Wildman–Crippen MR) is 112 cm³/mol. The maximum absolute atomic E-state index is 6.53. The zero-order valence-electron chi connectivity index (χ0n) is 14.5. The average Bonchev–Trinajstić information content (AvgIpc) is 2.67. The van der Waals surface area contributed by atoms with Crippen molar-refractivity contribution >= 4 is 45.5 Å². The van der Waals surface area contributed by atoms with E-state index >= 15 is 0 Å². The minimum Gasteiger partial charge on any atom is -0.381 e. The molecule has 1 aromatic heterocycles. The Labute approximate surface area is 163 Å². The molecule has 0 bridgehead atoms. The normalized spacial score (nSPS) is 14.6. The third-order valence-corrected chi connectivity index (χ3v) is 5.51. The number of hydrogen-bond acceptors (Lipinski definition) is 3. The van der Waals surface area contributed by atoms with Crippen LogP contribution in [0.15, 0.2) is 48.5 Å². The van der Waals surface area contributed by atoms with Gasteiger partial charge in [0.05, 0.1) is 16.2 Å². The van der Waals surface area contributed by atoms with E-state index in [9.17, 15) is 0 Å². The van der Waals surface area contributed by atoms with E-state index in [4.69, 9.17) is 23.2 Å². The number of piperidine rings is 1. The maximum atomic E-state index is 6.53. The molecule has 2 aromatic carbocycles. The predicted octanol–water partition coefficient (Wildman–Crippen LogP) is 6.14. The molecule has 1 fully saturated rings. The van der Waals surface area contributed by atoms with E-state index in [-0.39, 0.29) is 0 Å². The average molecular weight is 386 g/mol. The highest BCUT2D eigenvalue weighted by Gasteiger charge is 2.14. The standard InChI is InChI=1S/C21H21Cl2N3/c22-18-13-17(8-9-20(18)26-10-4-1-5-11-26)24-14-16-12-15-6-2-3-7-19(15)25-21(16)23/h2-3,6-9,12-13,24H,1,4-5,10-11,14H2. The first-order valence-corrected chi connectivity index (χ1v) is 9.79. The van der Waals surface area contributed by atoms with Gasteiger partial charge in [0.25, 0.3) is 0 Å². The Morgan fingerprint density at radius 2 is 1.77 bits per heavy atom. The monoisotopic (exact) mass is 385 g/mol. The van der Waals surface area contributed by atoms with Crippen LogP contribution in [0.2, 0.25) is 10.2 Å². The number of benzene rings is 2. The zero-order chi connectivity index (χ0) is 17.9. The second kappa shape index (κ2) is 7.73. The van der Waals surface area contributed by atoms with Crippen molar-refractivity contribution in [1.29, 1.82) is 0 Å². The summed E-state index contributed by atoms with van der Waals surface area (Å²) in [6.45, 7) is 2.78. The Morgan fingerprint density at radius 3 is 2.58 bits per heavy atom. The van der Waals surface area contributed by atoms with E-state index in [1.807, 2.05) is 30.3 Å². The minimum atomic E-state index is 0.534. The number of fused-ring (bicyclic) bond motifs is 1. The zero-order valence-corrected chi connectivity index (χ0v) is 16.0. The first-order chi connectivity index (χ1) is 12.7. The van der Waals surface area contributed by atoms with Crippen LogP contribution in [-0.4, -0.2) is 18.1 Å². The van der Waals surface area contributed by atoms with Gasteiger partial charge in [-0.25, -0.2) is 4.98 Å². The lowest BCUT2D eigenvalue weighted by atomic mass is 10.1. The van der Waals surface area contributed by atoms with Crippen LogP contribution < -0.4 is 10.2 Å². The summed E-state index contributed by atoms with van der Waals surface area (Å²) in [5, 5.41) is 5.83. The Bertz CT molecular complexity index is 920. The summed E-state index contributed by atoms with van der Waals surface area (Å²) in [5.41, 5.74) is 4.00. The second-order valence-corrected chi connectivity index (χ2v) is 7.46. The third kappa shape index (κ3) is 3.74. The lowest BCUT2D eigenvalue weighted by Crippen LogP contribution is -2.29. The van der Waals surface area contributed by atoms with Crippen molar-refractivity contribution in [1.82, 2.24) is 4.98 Å². The van der Waals surface area contributed by atoms with E-state index in [1.54, 1.807) is 0 Å². The highest BCUT2D eigenvalue weighted by molar-refractivity contribution is 6.33. The van der Waals surface area contributed by atoms with Gasteiger partial charge in [-0.05, 0) is 49.6 Å². The largest absolute Gasteiger partial charge is 0.381 e. The third-order valence-electron chi connectivity index (χ3n) is 4.88. The van der Waals surface area contributed by atoms with Crippen molar-refractivity contribution in [3.8, 4) is 0 Å². The molecule has 2 heterocycles. The molecule has 1 N–H and O–H groups in total. The van der Waals surface area contributed by atoms with Gasteiger partial charge in [0.2, 0.25) is 0 Å². The maximum Gasteiger partial charge on any atom is 0.134 e. The van der Waals surface area contributed by atoms with Gasteiger partial charge in [0, 0.05) is 36.3 Å². The number of nitrogens with zero attached hydrogens (tertiary/aromatic N) is 2. The molecule has 1 aliphatic rings. The molecular formula is C21H21Cl2N3. The second-order valence-electron chi connectivity index (χ2n) is 6.70. The molecule has 134 valence electrons. The van der Waals surface area contributed by atoms with Gasteiger partial charge in [0.1, 0.15) is 5.15 Å². The van der Waals surface area contributed by atoms with Gasteiger partial charge in [-0.15, -0.1) is 0 Å². The molecule has 0 amide bonds. The van der Waals surface area contributed by atoms with Gasteiger partial charge in [-0.3, -0.25) is 0 Å². The molecule has 0 spiro atoms. The van der Waals surface area contributed by atoms with Crippen LogP contribution in [0.1, 0.15) is 24.8 Å². The molecule has 0 unspecified atom stereocenters. The lowest BCUT2D eigenvalue weighted by molar-refractivity contribution is 0.578. The topological polar surface area (TPSA) is 28.2 Å². The van der Waals surface area contributed by atoms with Crippen LogP contribution in [0, 0.1) is 0 Å². The van der Waals surface area contributed by atoms with Gasteiger partial charge < -0.3 is 10.2 Å². The Kier molecular flexibility index (Phi) is 5.18. The van der Waals surface area contributed by atoms with Crippen LogP contribution in [0.3, 0.4) is 0 Å². The summed E-state index contributed by atoms with van der Waals surface area (Å²) < 4.78 is 0. The Balaban J connectivity index is 1.49. The Hall–Kier alpha value is -1.97. The Morgan fingerprint density at radius 1 is 0.962 bits per heavy atom. The van der Waals surface area contributed by atoms with Crippen molar-refractivity contribution < 1.29 is 0 Å². The molecule has 26 heavy (non-hydrogen) atoms. The van der Waals surface area contributed by atoms with Crippen LogP contribution in [-0.2, 0) is 6.54 Å². The minimum absolute atomic E-state index is 0.534. The molecule has 1 aliphatic heterocycles. The van der Waals surface area contributed by atoms with Crippen molar-refractivity contribution in [2.75, 3.05) is 23.3 Å². The number of halogens is 2. The van der Waals surface area contributed by atoms with Crippen molar-refractivity contribution in [3.63, 3.8) is 0 Å². The van der Waals surface area contributed by atoms with Crippen LogP contribution in [0.5, 0.6) is 0 Å². The number of hydrogen-bond donors (Lipinski definition) is 1. The highest BCUT2D eigenvalue weighted by atomic mass is 35.5. The van der Waals surface area contributed by atoms with Crippen molar-refractivity contribution in [3.05, 3.63) is 64.3 Å². The van der Waals surface area contributed by atoms with Crippen LogP contribution in [0.25, 0.3) is 10.9 Å². The summed E-state index contributed by atoms with van der Waals surface area (Å²) in [4.78, 5) is 6.85. The fourth-order valence-electron chi connectivity index (χ4n) is 3.47. The van der Waals surface area contributed by atoms with Gasteiger partial charge in [-0.1, -0.05) is 41.4 Å². The smallest absolute Gasteiger partial charge is 0.134 e. The van der Waals surface area contributed by atoms with Gasteiger partial charge in [0.15, 0.2) is 0 Å². The molecule has 0 radical (unpaired) electrons. The van der Waals surface area contributed by atoms with Crippen molar-refractivity contribution in [2.24, 2.45) is 0 Å². The molecule has 0 saturated carbocycles. The van der Waals surface area contributed by atoms with E-state index in [1.165, 1.54) is 19.3 Å². The first kappa shape index (κ1) is 17.4. The highest BCUT2D eigenvalue weighted by Crippen LogP contribution is 2.31. The fourth-order valence-corrected chi connectivity index (χ4v) is 3.98. The van der Waals surface area contributed by atoms with E-state index in [0.717, 1.165) is 46.0 Å². The molecule has 3 aromatic rings. The number of nitrogens with one attached hydrogen (secondary N) is 1. The number of aromatic nitrogens is 1. The number of para-hydroxylation sites is 1. The summed E-state index contributed by atoms with van der Waals surface area (Å²) >= 11 is 12.9. The summed E-state index contributed by atoms with van der Waals surface area (Å²) in [5.74, 6) is 0. The SMILES string of the molecule is Clc1cc(NCc2cc3ccccc3nc2Cl)ccc1N1CCCCC1. The molecular weight excluding hydrogens is 365 g/mol. The molecule has 1 saturated heterocycles. The molecule has 4 rings (SSSR count). The number of rotatable bonds is 4. The van der Waals surface area contributed by atoms with Crippen molar-refractivity contribution in [2.45, 2.75) is 25.8 Å². The lowest BCUT2D eigenvalue weighted by Gasteiger charge is -2.29. The summed E-state index contributed by atoms with van der Waals surface area (Å²) in [7, 11) is 0.